The summed E-state index contributed by atoms with van der Waals surface area (Å²) in [6, 6.07) is 8.25. The zero-order valence-electron chi connectivity index (χ0n) is 17.8. The van der Waals surface area contributed by atoms with Gasteiger partial charge in [-0.2, -0.15) is 0 Å². The molecule has 4 heterocycles. The summed E-state index contributed by atoms with van der Waals surface area (Å²) in [7, 11) is 0. The molecule has 31 heavy (non-hydrogen) atoms. The zero-order valence-corrected chi connectivity index (χ0v) is 19.5. The fourth-order valence-corrected chi connectivity index (χ4v) is 6.33. The number of hydrogen-bond donors (Lipinski definition) is 1. The summed E-state index contributed by atoms with van der Waals surface area (Å²) in [5.74, 6) is 0.357. The summed E-state index contributed by atoms with van der Waals surface area (Å²) in [4.78, 5) is 38.1. The van der Waals surface area contributed by atoms with Gasteiger partial charge in [-0.25, -0.2) is 4.98 Å². The minimum absolute atomic E-state index is 0.00861. The second-order valence-corrected chi connectivity index (χ2v) is 10.0. The van der Waals surface area contributed by atoms with Gasteiger partial charge in [0.05, 0.1) is 11.1 Å². The Morgan fingerprint density at radius 1 is 1.29 bits per heavy atom. The van der Waals surface area contributed by atoms with Crippen molar-refractivity contribution in [3.63, 3.8) is 0 Å². The number of carbonyl (C=O) groups is 1. The first-order valence-corrected chi connectivity index (χ1v) is 12.3. The van der Waals surface area contributed by atoms with E-state index < -0.39 is 0 Å². The van der Waals surface area contributed by atoms with E-state index >= 15 is 0 Å². The molecule has 0 saturated carbocycles. The molecule has 8 heteroatoms. The first-order valence-electron chi connectivity index (χ1n) is 10.5. The second-order valence-electron chi connectivity index (χ2n) is 7.89. The lowest BCUT2D eigenvalue weighted by Gasteiger charge is -2.27. The summed E-state index contributed by atoms with van der Waals surface area (Å²) in [6.45, 7) is 7.80. The van der Waals surface area contributed by atoms with Crippen LogP contribution in [0.5, 0.6) is 0 Å². The maximum atomic E-state index is 13.0. The van der Waals surface area contributed by atoms with Crippen LogP contribution in [0.15, 0.2) is 34.2 Å². The van der Waals surface area contributed by atoms with Gasteiger partial charge in [0, 0.05) is 53.1 Å². The van der Waals surface area contributed by atoms with Crippen LogP contribution in [0, 0.1) is 13.8 Å². The SMILES string of the molecule is CCn1c(SCC(=O)N2CCc3[nH]c4ccccc4c3C2)nc2sc(C)c(C)c2c1=O. The van der Waals surface area contributed by atoms with Gasteiger partial charge in [-0.05, 0) is 32.4 Å². The monoisotopic (exact) mass is 452 g/mol. The molecule has 1 aliphatic rings. The smallest absolute Gasteiger partial charge is 0.263 e. The number of H-pyrrole nitrogens is 1. The summed E-state index contributed by atoms with van der Waals surface area (Å²) in [5, 5.41) is 2.53. The summed E-state index contributed by atoms with van der Waals surface area (Å²) < 4.78 is 1.69. The van der Waals surface area contributed by atoms with Crippen molar-refractivity contribution in [2.24, 2.45) is 0 Å². The number of nitrogens with zero attached hydrogens (tertiary/aromatic N) is 3. The number of aromatic nitrogens is 3. The molecule has 6 nitrogen and oxygen atoms in total. The largest absolute Gasteiger partial charge is 0.358 e. The van der Waals surface area contributed by atoms with Crippen LogP contribution in [0.1, 0.15) is 28.6 Å². The normalized spacial score (nSPS) is 13.8. The molecular weight excluding hydrogens is 428 g/mol. The minimum atomic E-state index is -0.00861. The number of rotatable bonds is 4. The van der Waals surface area contributed by atoms with Crippen LogP contribution >= 0.6 is 23.1 Å². The molecular formula is C23H24N4O2S2. The fourth-order valence-electron chi connectivity index (χ4n) is 4.29. The van der Waals surface area contributed by atoms with Crippen molar-refractivity contribution in [1.29, 1.82) is 0 Å². The van der Waals surface area contributed by atoms with Gasteiger partial charge in [-0.15, -0.1) is 11.3 Å². The second kappa shape index (κ2) is 7.84. The van der Waals surface area contributed by atoms with E-state index in [0.29, 0.717) is 30.2 Å². The fraction of sp³-hybridized carbons (Fsp3) is 0.348. The van der Waals surface area contributed by atoms with Crippen LogP contribution in [-0.2, 0) is 24.3 Å². The van der Waals surface area contributed by atoms with Gasteiger partial charge < -0.3 is 9.88 Å². The average Bonchev–Trinajstić information content (AvgIpc) is 3.28. The van der Waals surface area contributed by atoms with Crippen LogP contribution in [0.2, 0.25) is 0 Å². The Balaban J connectivity index is 1.37. The number of para-hydroxylation sites is 1. The highest BCUT2D eigenvalue weighted by Crippen LogP contribution is 2.30. The average molecular weight is 453 g/mol. The number of fused-ring (bicyclic) bond motifs is 4. The lowest BCUT2D eigenvalue weighted by molar-refractivity contribution is -0.129. The summed E-state index contributed by atoms with van der Waals surface area (Å²) >= 11 is 2.91. The number of hydrogen-bond acceptors (Lipinski definition) is 5. The molecule has 0 aliphatic carbocycles. The van der Waals surface area contributed by atoms with Gasteiger partial charge in [0.15, 0.2) is 5.16 Å². The first-order chi connectivity index (χ1) is 15.0. The third kappa shape index (κ3) is 3.38. The predicted octanol–water partition coefficient (Wildman–Crippen LogP) is 4.25. The topological polar surface area (TPSA) is 71.0 Å². The lowest BCUT2D eigenvalue weighted by atomic mass is 10.0. The Hall–Kier alpha value is -2.58. The highest BCUT2D eigenvalue weighted by Gasteiger charge is 2.24. The number of aryl methyl sites for hydroxylation is 2. The van der Waals surface area contributed by atoms with Crippen molar-refractivity contribution in [2.45, 2.75) is 45.4 Å². The van der Waals surface area contributed by atoms with Crippen molar-refractivity contribution in [3.05, 3.63) is 56.3 Å². The summed E-state index contributed by atoms with van der Waals surface area (Å²) in [5.41, 5.74) is 4.58. The van der Waals surface area contributed by atoms with Gasteiger partial charge in [0.1, 0.15) is 4.83 Å². The molecule has 160 valence electrons. The van der Waals surface area contributed by atoms with Crippen LogP contribution in [-0.4, -0.2) is 37.6 Å². The van der Waals surface area contributed by atoms with Crippen molar-refractivity contribution in [2.75, 3.05) is 12.3 Å². The van der Waals surface area contributed by atoms with E-state index in [2.05, 4.69) is 17.1 Å². The molecule has 0 spiro atoms. The standard InChI is InChI=1S/C23H24N4O2S2/c1-4-27-22(29)20-13(2)14(3)31-21(20)25-23(27)30-12-19(28)26-10-9-18-16(11-26)15-7-5-6-8-17(15)24-18/h5-8,24H,4,9-12H2,1-3H3. The minimum Gasteiger partial charge on any atom is -0.358 e. The van der Waals surface area contributed by atoms with E-state index in [-0.39, 0.29) is 17.2 Å². The maximum Gasteiger partial charge on any atom is 0.263 e. The third-order valence-electron chi connectivity index (χ3n) is 6.13. The lowest BCUT2D eigenvalue weighted by Crippen LogP contribution is -2.37. The number of thiophene rings is 1. The summed E-state index contributed by atoms with van der Waals surface area (Å²) in [6.07, 6.45) is 0.831. The molecule has 0 unspecified atom stereocenters. The Morgan fingerprint density at radius 3 is 2.90 bits per heavy atom. The number of benzene rings is 1. The predicted molar refractivity (Wildman–Crippen MR) is 127 cm³/mol. The molecule has 0 atom stereocenters. The Kier molecular flexibility index (Phi) is 5.14. The van der Waals surface area contributed by atoms with Gasteiger partial charge in [0.2, 0.25) is 5.91 Å². The molecule has 5 rings (SSSR count). The van der Waals surface area contributed by atoms with Gasteiger partial charge in [-0.1, -0.05) is 30.0 Å². The maximum absolute atomic E-state index is 13.0. The van der Waals surface area contributed by atoms with E-state index in [0.717, 1.165) is 27.2 Å². The molecule has 0 radical (unpaired) electrons. The van der Waals surface area contributed by atoms with Gasteiger partial charge in [-0.3, -0.25) is 14.2 Å². The Morgan fingerprint density at radius 2 is 2.10 bits per heavy atom. The number of carbonyl (C=O) groups excluding carboxylic acids is 1. The van der Waals surface area contributed by atoms with Crippen molar-refractivity contribution >= 4 is 50.1 Å². The molecule has 0 saturated heterocycles. The molecule has 1 N–H and O–H groups in total. The van der Waals surface area contributed by atoms with Gasteiger partial charge in [0.25, 0.3) is 5.56 Å². The molecule has 1 aromatic carbocycles. The quantitative estimate of drug-likeness (QED) is 0.371. The zero-order chi connectivity index (χ0) is 21.7. The molecule has 0 fully saturated rings. The number of nitrogens with one attached hydrogen (secondary N) is 1. The van der Waals surface area contributed by atoms with Crippen molar-refractivity contribution < 1.29 is 4.79 Å². The van der Waals surface area contributed by atoms with Crippen LogP contribution in [0.3, 0.4) is 0 Å². The van der Waals surface area contributed by atoms with E-state index in [4.69, 9.17) is 4.98 Å². The molecule has 0 bridgehead atoms. The molecule has 1 amide bonds. The van der Waals surface area contributed by atoms with E-state index in [1.165, 1.54) is 28.4 Å². The molecule has 3 aromatic heterocycles. The van der Waals surface area contributed by atoms with Crippen LogP contribution < -0.4 is 5.56 Å². The number of thioether (sulfide) groups is 1. The Bertz CT molecular complexity index is 1380. The highest BCUT2D eigenvalue weighted by atomic mass is 32.2. The molecule has 1 aliphatic heterocycles. The van der Waals surface area contributed by atoms with E-state index in [1.807, 2.05) is 37.8 Å². The van der Waals surface area contributed by atoms with E-state index in [1.54, 1.807) is 15.9 Å². The first kappa shape index (κ1) is 20.3. The number of amides is 1. The van der Waals surface area contributed by atoms with Crippen molar-refractivity contribution in [1.82, 2.24) is 19.4 Å². The van der Waals surface area contributed by atoms with Gasteiger partial charge >= 0.3 is 0 Å². The highest BCUT2D eigenvalue weighted by molar-refractivity contribution is 7.99. The van der Waals surface area contributed by atoms with Crippen LogP contribution in [0.4, 0.5) is 0 Å². The van der Waals surface area contributed by atoms with Crippen LogP contribution in [0.25, 0.3) is 21.1 Å². The van der Waals surface area contributed by atoms with E-state index in [9.17, 15) is 9.59 Å². The molecule has 4 aromatic rings. The number of aromatic amines is 1. The Labute approximate surface area is 188 Å². The third-order valence-corrected chi connectivity index (χ3v) is 8.19. The van der Waals surface area contributed by atoms with Crippen molar-refractivity contribution in [3.8, 4) is 0 Å².